The number of carboxylic acid groups (broad SMARTS) is 1. The van der Waals surface area contributed by atoms with Crippen molar-refractivity contribution >= 4 is 28.4 Å². The van der Waals surface area contributed by atoms with Gasteiger partial charge in [-0.3, -0.25) is 9.00 Å². The van der Waals surface area contributed by atoms with Gasteiger partial charge in [0.15, 0.2) is 0 Å². The summed E-state index contributed by atoms with van der Waals surface area (Å²) in [5.74, 6) is -1.65. The Morgan fingerprint density at radius 1 is 1.22 bits per heavy atom. The largest absolute Gasteiger partial charge is 0.475 e. The van der Waals surface area contributed by atoms with E-state index in [1.165, 1.54) is 12.1 Å². The molecule has 0 saturated carbocycles. The van der Waals surface area contributed by atoms with Gasteiger partial charge in [0, 0.05) is 16.5 Å². The van der Waals surface area contributed by atoms with Crippen molar-refractivity contribution in [3.05, 3.63) is 53.5 Å². The SMILES string of the molecule is CCc1ccccc1NC(=O)CS(=O)Cc1ccc(C(=O)O)o1. The molecule has 1 unspecified atom stereocenters. The molecule has 1 aromatic heterocycles. The van der Waals surface area contributed by atoms with E-state index in [-0.39, 0.29) is 28.9 Å². The second-order valence-corrected chi connectivity index (χ2v) is 6.32. The third-order valence-electron chi connectivity index (χ3n) is 3.14. The van der Waals surface area contributed by atoms with Crippen LogP contribution in [0.5, 0.6) is 0 Å². The molecule has 0 aliphatic carbocycles. The van der Waals surface area contributed by atoms with Gasteiger partial charge in [0.2, 0.25) is 11.7 Å². The Morgan fingerprint density at radius 2 is 1.96 bits per heavy atom. The number of rotatable bonds is 7. The molecule has 23 heavy (non-hydrogen) atoms. The summed E-state index contributed by atoms with van der Waals surface area (Å²) >= 11 is 0. The number of aryl methyl sites for hydroxylation is 1. The quantitative estimate of drug-likeness (QED) is 0.810. The topological polar surface area (TPSA) is 96.6 Å². The van der Waals surface area contributed by atoms with Crippen LogP contribution in [0, 0.1) is 0 Å². The van der Waals surface area contributed by atoms with E-state index in [2.05, 4.69) is 5.32 Å². The highest BCUT2D eigenvalue weighted by atomic mass is 32.2. The number of furan rings is 1. The molecule has 0 radical (unpaired) electrons. The van der Waals surface area contributed by atoms with Crippen LogP contribution in [0.4, 0.5) is 5.69 Å². The number of hydrogen-bond acceptors (Lipinski definition) is 4. The third-order valence-corrected chi connectivity index (χ3v) is 4.33. The van der Waals surface area contributed by atoms with Crippen molar-refractivity contribution in [3.63, 3.8) is 0 Å². The number of carbonyl (C=O) groups is 2. The lowest BCUT2D eigenvalue weighted by Gasteiger charge is -2.09. The lowest BCUT2D eigenvalue weighted by Crippen LogP contribution is -2.20. The van der Waals surface area contributed by atoms with Crippen LogP contribution in [0.15, 0.2) is 40.8 Å². The Labute approximate surface area is 136 Å². The van der Waals surface area contributed by atoms with Gasteiger partial charge >= 0.3 is 5.97 Å². The number of carbonyl (C=O) groups excluding carboxylic acids is 1. The molecule has 122 valence electrons. The average Bonchev–Trinajstić information content (AvgIpc) is 2.96. The fourth-order valence-electron chi connectivity index (χ4n) is 2.06. The molecule has 1 atom stereocenters. The predicted molar refractivity (Wildman–Crippen MR) is 86.8 cm³/mol. The summed E-state index contributed by atoms with van der Waals surface area (Å²) in [4.78, 5) is 22.7. The van der Waals surface area contributed by atoms with Gasteiger partial charge in [-0.25, -0.2) is 4.79 Å². The van der Waals surface area contributed by atoms with Crippen LogP contribution in [0.2, 0.25) is 0 Å². The summed E-state index contributed by atoms with van der Waals surface area (Å²) in [6.45, 7) is 1.99. The number of para-hydroxylation sites is 1. The highest BCUT2D eigenvalue weighted by Gasteiger charge is 2.14. The maximum Gasteiger partial charge on any atom is 0.371 e. The maximum atomic E-state index is 12.0. The van der Waals surface area contributed by atoms with Crippen LogP contribution in [0.3, 0.4) is 0 Å². The summed E-state index contributed by atoms with van der Waals surface area (Å²) in [6, 6.07) is 10.2. The van der Waals surface area contributed by atoms with Gasteiger partial charge in [-0.1, -0.05) is 25.1 Å². The number of anilines is 1. The summed E-state index contributed by atoms with van der Waals surface area (Å²) in [6.07, 6.45) is 0.782. The lowest BCUT2D eigenvalue weighted by molar-refractivity contribution is -0.113. The third kappa shape index (κ3) is 4.79. The Morgan fingerprint density at radius 3 is 2.61 bits per heavy atom. The van der Waals surface area contributed by atoms with Gasteiger partial charge in [0.1, 0.15) is 11.5 Å². The van der Waals surface area contributed by atoms with E-state index in [9.17, 15) is 13.8 Å². The van der Waals surface area contributed by atoms with Gasteiger partial charge < -0.3 is 14.8 Å². The maximum absolute atomic E-state index is 12.0. The minimum atomic E-state index is -1.48. The van der Waals surface area contributed by atoms with Crippen molar-refractivity contribution in [1.29, 1.82) is 0 Å². The van der Waals surface area contributed by atoms with E-state index < -0.39 is 16.8 Å². The Bertz CT molecular complexity index is 738. The van der Waals surface area contributed by atoms with Crippen molar-refractivity contribution < 1.29 is 23.3 Å². The first-order valence-corrected chi connectivity index (χ1v) is 8.53. The fraction of sp³-hybridized carbons (Fsp3) is 0.250. The standard InChI is InChI=1S/C16H17NO5S/c1-2-11-5-3-4-6-13(11)17-15(18)10-23(21)9-12-7-8-14(22-12)16(19)20/h3-8H,2,9-10H2,1H3,(H,17,18)(H,19,20). The molecule has 0 fully saturated rings. The number of nitrogens with one attached hydrogen (secondary N) is 1. The summed E-state index contributed by atoms with van der Waals surface area (Å²) < 4.78 is 17.0. The molecule has 2 rings (SSSR count). The van der Waals surface area contributed by atoms with Crippen LogP contribution in [-0.4, -0.2) is 26.9 Å². The van der Waals surface area contributed by atoms with Crippen LogP contribution < -0.4 is 5.32 Å². The van der Waals surface area contributed by atoms with Gasteiger partial charge in [0.05, 0.1) is 5.75 Å². The van der Waals surface area contributed by atoms with E-state index in [0.29, 0.717) is 5.69 Å². The number of hydrogen-bond donors (Lipinski definition) is 2. The highest BCUT2D eigenvalue weighted by molar-refractivity contribution is 7.84. The molecule has 0 aliphatic heterocycles. The van der Waals surface area contributed by atoms with Crippen LogP contribution in [-0.2, 0) is 27.8 Å². The Hall–Kier alpha value is -2.41. The van der Waals surface area contributed by atoms with E-state index in [1.807, 2.05) is 25.1 Å². The second kappa shape index (κ2) is 7.73. The van der Waals surface area contributed by atoms with Crippen molar-refractivity contribution in [2.24, 2.45) is 0 Å². The molecule has 1 aromatic carbocycles. The van der Waals surface area contributed by atoms with Crippen molar-refractivity contribution in [3.8, 4) is 0 Å². The number of benzene rings is 1. The van der Waals surface area contributed by atoms with Gasteiger partial charge in [0.25, 0.3) is 0 Å². The van der Waals surface area contributed by atoms with Crippen molar-refractivity contribution in [2.75, 3.05) is 11.1 Å². The monoisotopic (exact) mass is 335 g/mol. The number of amides is 1. The molecule has 2 N–H and O–H groups in total. The van der Waals surface area contributed by atoms with E-state index in [1.54, 1.807) is 6.07 Å². The normalized spacial score (nSPS) is 11.9. The Kier molecular flexibility index (Phi) is 5.70. The second-order valence-electron chi connectivity index (χ2n) is 4.86. The lowest BCUT2D eigenvalue weighted by atomic mass is 10.1. The Balaban J connectivity index is 1.91. The first-order valence-electron chi connectivity index (χ1n) is 7.04. The molecular weight excluding hydrogens is 318 g/mol. The number of aromatic carboxylic acids is 1. The zero-order valence-corrected chi connectivity index (χ0v) is 13.4. The van der Waals surface area contributed by atoms with Gasteiger partial charge in [-0.2, -0.15) is 0 Å². The zero-order valence-electron chi connectivity index (χ0n) is 12.6. The van der Waals surface area contributed by atoms with Crippen LogP contribution in [0.1, 0.15) is 28.8 Å². The molecule has 1 amide bonds. The van der Waals surface area contributed by atoms with Crippen LogP contribution in [0.25, 0.3) is 0 Å². The summed E-state index contributed by atoms with van der Waals surface area (Å²) in [7, 11) is -1.48. The molecule has 6 nitrogen and oxygen atoms in total. The predicted octanol–water partition coefficient (Wildman–Crippen LogP) is 2.43. The van der Waals surface area contributed by atoms with Gasteiger partial charge in [-0.15, -0.1) is 0 Å². The molecular formula is C16H17NO5S. The first-order chi connectivity index (χ1) is 11.0. The molecule has 2 aromatic rings. The molecule has 0 aliphatic rings. The van der Waals surface area contributed by atoms with Crippen molar-refractivity contribution in [1.82, 2.24) is 0 Å². The summed E-state index contributed by atoms with van der Waals surface area (Å²) in [5.41, 5.74) is 1.71. The molecule has 0 spiro atoms. The number of carboxylic acids is 1. The average molecular weight is 335 g/mol. The molecule has 7 heteroatoms. The first kappa shape index (κ1) is 17.0. The highest BCUT2D eigenvalue weighted by Crippen LogP contribution is 2.15. The van der Waals surface area contributed by atoms with E-state index in [4.69, 9.17) is 9.52 Å². The minimum Gasteiger partial charge on any atom is -0.475 e. The molecule has 0 saturated heterocycles. The molecule has 0 bridgehead atoms. The van der Waals surface area contributed by atoms with E-state index >= 15 is 0 Å². The van der Waals surface area contributed by atoms with Gasteiger partial charge in [-0.05, 0) is 30.2 Å². The van der Waals surface area contributed by atoms with E-state index in [0.717, 1.165) is 12.0 Å². The molecule has 1 heterocycles. The smallest absolute Gasteiger partial charge is 0.371 e. The fourth-order valence-corrected chi connectivity index (χ4v) is 3.00. The van der Waals surface area contributed by atoms with Crippen molar-refractivity contribution in [2.45, 2.75) is 19.1 Å². The minimum absolute atomic E-state index is 0.00384. The summed E-state index contributed by atoms with van der Waals surface area (Å²) in [5, 5.41) is 11.5. The zero-order chi connectivity index (χ0) is 16.8. The van der Waals surface area contributed by atoms with Crippen LogP contribution >= 0.6 is 0 Å².